The SMILES string of the molecule is C[C@@H](NC(=O)C[NH2+][C@@H](c1ccccc1)c1ccco1)c1ccc(Cl)cc1. The summed E-state index contributed by atoms with van der Waals surface area (Å²) < 4.78 is 5.57. The lowest BCUT2D eigenvalue weighted by molar-refractivity contribution is -0.678. The van der Waals surface area contributed by atoms with Gasteiger partial charge in [0.15, 0.2) is 18.3 Å². The zero-order chi connectivity index (χ0) is 18.4. The van der Waals surface area contributed by atoms with E-state index in [1.54, 1.807) is 6.26 Å². The summed E-state index contributed by atoms with van der Waals surface area (Å²) in [6.45, 7) is 2.26. The van der Waals surface area contributed by atoms with Gasteiger partial charge in [0.1, 0.15) is 0 Å². The van der Waals surface area contributed by atoms with Crippen molar-refractivity contribution >= 4 is 17.5 Å². The van der Waals surface area contributed by atoms with Crippen molar-refractivity contribution in [3.63, 3.8) is 0 Å². The van der Waals surface area contributed by atoms with Crippen molar-refractivity contribution in [2.24, 2.45) is 0 Å². The van der Waals surface area contributed by atoms with Gasteiger partial charge in [-0.05, 0) is 36.8 Å². The minimum absolute atomic E-state index is 0.0278. The van der Waals surface area contributed by atoms with E-state index in [2.05, 4.69) is 5.32 Å². The van der Waals surface area contributed by atoms with E-state index in [1.807, 2.05) is 79.0 Å². The highest BCUT2D eigenvalue weighted by Gasteiger charge is 2.22. The predicted molar refractivity (Wildman–Crippen MR) is 102 cm³/mol. The average molecular weight is 370 g/mol. The Morgan fingerprint density at radius 3 is 2.42 bits per heavy atom. The molecular weight excluding hydrogens is 348 g/mol. The zero-order valence-corrected chi connectivity index (χ0v) is 15.3. The molecule has 4 nitrogen and oxygen atoms in total. The number of hydrogen-bond acceptors (Lipinski definition) is 2. The molecule has 0 spiro atoms. The Morgan fingerprint density at radius 1 is 1.04 bits per heavy atom. The Labute approximate surface area is 158 Å². The molecule has 0 saturated heterocycles. The lowest BCUT2D eigenvalue weighted by Crippen LogP contribution is -2.87. The smallest absolute Gasteiger partial charge is 0.275 e. The van der Waals surface area contributed by atoms with Crippen LogP contribution < -0.4 is 10.6 Å². The first kappa shape index (κ1) is 18.2. The molecule has 2 aromatic carbocycles. The molecule has 1 amide bonds. The van der Waals surface area contributed by atoms with E-state index in [1.165, 1.54) is 0 Å². The Kier molecular flexibility index (Phi) is 6.10. The number of carbonyl (C=O) groups excluding carboxylic acids is 1. The van der Waals surface area contributed by atoms with Gasteiger partial charge in [0.05, 0.1) is 12.3 Å². The fourth-order valence-electron chi connectivity index (χ4n) is 2.91. The van der Waals surface area contributed by atoms with Crippen molar-refractivity contribution in [1.82, 2.24) is 5.32 Å². The molecule has 3 rings (SSSR count). The van der Waals surface area contributed by atoms with Gasteiger partial charge in [0.25, 0.3) is 5.91 Å². The summed E-state index contributed by atoms with van der Waals surface area (Å²) in [6, 6.07) is 21.2. The highest BCUT2D eigenvalue weighted by molar-refractivity contribution is 6.30. The second kappa shape index (κ2) is 8.70. The summed E-state index contributed by atoms with van der Waals surface area (Å²) in [5.74, 6) is 0.801. The lowest BCUT2D eigenvalue weighted by atomic mass is 10.0. The van der Waals surface area contributed by atoms with Gasteiger partial charge in [-0.1, -0.05) is 54.1 Å². The number of carbonyl (C=O) groups is 1. The topological polar surface area (TPSA) is 58.9 Å². The fraction of sp³-hybridized carbons (Fsp3) is 0.190. The second-order valence-electron chi connectivity index (χ2n) is 6.18. The number of quaternary nitrogens is 1. The van der Waals surface area contributed by atoms with Crippen molar-refractivity contribution in [2.75, 3.05) is 6.54 Å². The van der Waals surface area contributed by atoms with Crippen LogP contribution in [-0.2, 0) is 4.79 Å². The molecule has 3 aromatic rings. The average Bonchev–Trinajstić information content (AvgIpc) is 3.17. The summed E-state index contributed by atoms with van der Waals surface area (Å²) in [6.07, 6.45) is 1.65. The monoisotopic (exact) mass is 369 g/mol. The number of amides is 1. The van der Waals surface area contributed by atoms with Crippen molar-refractivity contribution in [2.45, 2.75) is 19.0 Å². The molecule has 0 saturated carbocycles. The predicted octanol–water partition coefficient (Wildman–Crippen LogP) is 3.46. The summed E-state index contributed by atoms with van der Waals surface area (Å²) in [5.41, 5.74) is 2.12. The van der Waals surface area contributed by atoms with Crippen molar-refractivity contribution in [3.8, 4) is 0 Å². The van der Waals surface area contributed by atoms with Crippen molar-refractivity contribution in [3.05, 3.63) is 94.9 Å². The number of nitrogens with one attached hydrogen (secondary N) is 1. The minimum atomic E-state index is -0.0769. The summed E-state index contributed by atoms with van der Waals surface area (Å²) in [7, 11) is 0. The minimum Gasteiger partial charge on any atom is -0.463 e. The molecule has 134 valence electrons. The molecule has 5 heteroatoms. The van der Waals surface area contributed by atoms with Crippen molar-refractivity contribution < 1.29 is 14.5 Å². The maximum Gasteiger partial charge on any atom is 0.275 e. The van der Waals surface area contributed by atoms with E-state index >= 15 is 0 Å². The fourth-order valence-corrected chi connectivity index (χ4v) is 3.03. The van der Waals surface area contributed by atoms with E-state index in [-0.39, 0.29) is 18.0 Å². The van der Waals surface area contributed by atoms with Gasteiger partial charge in [0, 0.05) is 10.6 Å². The maximum atomic E-state index is 12.4. The van der Waals surface area contributed by atoms with Crippen LogP contribution in [0.25, 0.3) is 0 Å². The Morgan fingerprint density at radius 2 is 1.77 bits per heavy atom. The standard InChI is InChI=1S/C21H21ClN2O2/c1-15(16-9-11-18(22)12-10-16)24-20(25)14-23-21(19-8-5-13-26-19)17-6-3-2-4-7-17/h2-13,15,21,23H,14H2,1H3,(H,24,25)/p+1/t15-,21+/m1/s1. The molecule has 0 aliphatic heterocycles. The molecule has 2 atom stereocenters. The second-order valence-corrected chi connectivity index (χ2v) is 6.62. The summed E-state index contributed by atoms with van der Waals surface area (Å²) in [4.78, 5) is 12.4. The van der Waals surface area contributed by atoms with E-state index < -0.39 is 0 Å². The highest BCUT2D eigenvalue weighted by Crippen LogP contribution is 2.18. The highest BCUT2D eigenvalue weighted by atomic mass is 35.5. The van der Waals surface area contributed by atoms with Gasteiger partial charge in [-0.15, -0.1) is 0 Å². The van der Waals surface area contributed by atoms with Crippen LogP contribution in [0.4, 0.5) is 0 Å². The molecule has 1 heterocycles. The molecule has 0 bridgehead atoms. The van der Waals surface area contributed by atoms with Crippen molar-refractivity contribution in [1.29, 1.82) is 0 Å². The quantitative estimate of drug-likeness (QED) is 0.670. The first-order valence-electron chi connectivity index (χ1n) is 8.60. The van der Waals surface area contributed by atoms with Crippen LogP contribution in [0.3, 0.4) is 0 Å². The molecule has 0 aliphatic carbocycles. The van der Waals surface area contributed by atoms with Gasteiger partial charge in [0.2, 0.25) is 0 Å². The van der Waals surface area contributed by atoms with Gasteiger partial charge < -0.3 is 15.1 Å². The third-order valence-electron chi connectivity index (χ3n) is 4.29. The third kappa shape index (κ3) is 4.75. The van der Waals surface area contributed by atoms with Gasteiger partial charge >= 0.3 is 0 Å². The molecule has 0 unspecified atom stereocenters. The van der Waals surface area contributed by atoms with Crippen LogP contribution in [0.1, 0.15) is 35.9 Å². The summed E-state index contributed by atoms with van der Waals surface area (Å²) >= 11 is 5.91. The van der Waals surface area contributed by atoms with Gasteiger partial charge in [-0.3, -0.25) is 4.79 Å². The zero-order valence-electron chi connectivity index (χ0n) is 14.6. The number of halogens is 1. The van der Waals surface area contributed by atoms with Crippen LogP contribution in [0, 0.1) is 0 Å². The van der Waals surface area contributed by atoms with Crippen LogP contribution in [0.2, 0.25) is 5.02 Å². The number of hydrogen-bond donors (Lipinski definition) is 2. The van der Waals surface area contributed by atoms with E-state index in [9.17, 15) is 4.79 Å². The first-order chi connectivity index (χ1) is 12.6. The molecule has 3 N–H and O–H groups in total. The molecule has 0 radical (unpaired) electrons. The van der Waals surface area contributed by atoms with Crippen LogP contribution in [0.5, 0.6) is 0 Å². The number of rotatable bonds is 7. The van der Waals surface area contributed by atoms with E-state index in [4.69, 9.17) is 16.0 Å². The lowest BCUT2D eigenvalue weighted by Gasteiger charge is -2.16. The molecule has 26 heavy (non-hydrogen) atoms. The number of furan rings is 1. The van der Waals surface area contributed by atoms with E-state index in [0.29, 0.717) is 11.6 Å². The third-order valence-corrected chi connectivity index (χ3v) is 4.55. The number of nitrogens with two attached hydrogens (primary N) is 1. The van der Waals surface area contributed by atoms with Gasteiger partial charge in [-0.2, -0.15) is 0 Å². The molecule has 1 aromatic heterocycles. The van der Waals surface area contributed by atoms with Crippen LogP contribution in [-0.4, -0.2) is 12.5 Å². The molecule has 0 aliphatic rings. The van der Waals surface area contributed by atoms with Crippen LogP contribution >= 0.6 is 11.6 Å². The normalized spacial score (nSPS) is 13.2. The maximum absolute atomic E-state index is 12.4. The first-order valence-corrected chi connectivity index (χ1v) is 8.98. The Bertz CT molecular complexity index is 817. The summed E-state index contributed by atoms with van der Waals surface area (Å²) in [5, 5.41) is 5.69. The molecule has 0 fully saturated rings. The van der Waals surface area contributed by atoms with E-state index in [0.717, 1.165) is 16.9 Å². The van der Waals surface area contributed by atoms with Gasteiger partial charge in [-0.25, -0.2) is 0 Å². The Hall–Kier alpha value is -2.56. The molecular formula is C21H22ClN2O2+. The number of benzene rings is 2. The van der Waals surface area contributed by atoms with Crippen LogP contribution in [0.15, 0.2) is 77.4 Å². The largest absolute Gasteiger partial charge is 0.463 e. The Balaban J connectivity index is 1.62.